The van der Waals surface area contributed by atoms with E-state index >= 15 is 0 Å². The molecule has 3 atom stereocenters. The van der Waals surface area contributed by atoms with Gasteiger partial charge in [-0.25, -0.2) is 0 Å². The Hall–Kier alpha value is -6.78. The van der Waals surface area contributed by atoms with Crippen molar-refractivity contribution < 1.29 is 13.9 Å². The largest absolute Gasteiger partial charge is 0.456 e. The second kappa shape index (κ2) is 10.6. The molecule has 3 aliphatic carbocycles. The number of hydrogen-bond donors (Lipinski definition) is 0. The lowest BCUT2D eigenvalue weighted by atomic mass is 9.65. The molecule has 12 rings (SSSR count). The number of fused-ring (bicyclic) bond motifs is 15. The standard InChI is InChI=1S/C49H31NO3/c1-2-13-30(14-3-1)50(31-25-26-44-37(27-31)35-18-7-11-23-43(35)51-44)42-22-12-24-45-48(42)53-47-29-41-36(28-46(47)52-45)34-17-6-10-21-40(34)49(41)38-19-8-4-15-32(38)33-16-5-9-20-39(33)49/h1-29,32,38H. The number of ether oxygens (including phenoxy) is 2. The summed E-state index contributed by atoms with van der Waals surface area (Å²) in [7, 11) is 0. The second-order valence-electron chi connectivity index (χ2n) is 14.4. The van der Waals surface area contributed by atoms with E-state index in [1.54, 1.807) is 0 Å². The van der Waals surface area contributed by atoms with Crippen LogP contribution in [0.3, 0.4) is 0 Å². The molecule has 0 amide bonds. The van der Waals surface area contributed by atoms with Gasteiger partial charge in [0.2, 0.25) is 0 Å². The smallest absolute Gasteiger partial charge is 0.194 e. The van der Waals surface area contributed by atoms with Crippen molar-refractivity contribution in [2.75, 3.05) is 4.90 Å². The van der Waals surface area contributed by atoms with Crippen molar-refractivity contribution in [1.82, 2.24) is 0 Å². The first-order chi connectivity index (χ1) is 26.3. The van der Waals surface area contributed by atoms with Crippen LogP contribution in [0.5, 0.6) is 23.0 Å². The summed E-state index contributed by atoms with van der Waals surface area (Å²) >= 11 is 0. The molecule has 0 N–H and O–H groups in total. The van der Waals surface area contributed by atoms with Crippen LogP contribution in [0, 0.1) is 5.92 Å². The van der Waals surface area contributed by atoms with Gasteiger partial charge in [-0.2, -0.15) is 0 Å². The minimum Gasteiger partial charge on any atom is -0.456 e. The van der Waals surface area contributed by atoms with Crippen LogP contribution in [0.25, 0.3) is 33.1 Å². The zero-order valence-corrected chi connectivity index (χ0v) is 28.6. The fourth-order valence-electron chi connectivity index (χ4n) is 9.72. The maximum Gasteiger partial charge on any atom is 0.194 e. The van der Waals surface area contributed by atoms with Crippen molar-refractivity contribution in [2.45, 2.75) is 11.3 Å². The fraction of sp³-hybridized carbons (Fsp3) is 0.0612. The van der Waals surface area contributed by atoms with Gasteiger partial charge in [0.25, 0.3) is 0 Å². The van der Waals surface area contributed by atoms with E-state index in [2.05, 4.69) is 151 Å². The minimum atomic E-state index is -0.356. The quantitative estimate of drug-likeness (QED) is 0.186. The van der Waals surface area contributed by atoms with Gasteiger partial charge in [-0.15, -0.1) is 0 Å². The number of furan rings is 1. The van der Waals surface area contributed by atoms with Crippen LogP contribution in [0.1, 0.15) is 28.2 Å². The molecule has 0 radical (unpaired) electrons. The average Bonchev–Trinajstić information content (AvgIpc) is 3.84. The summed E-state index contributed by atoms with van der Waals surface area (Å²) in [5.41, 5.74) is 12.1. The highest BCUT2D eigenvalue weighted by Gasteiger charge is 2.57. The molecule has 4 nitrogen and oxygen atoms in total. The summed E-state index contributed by atoms with van der Waals surface area (Å²) in [5.74, 6) is 3.32. The van der Waals surface area contributed by atoms with Crippen LogP contribution in [-0.2, 0) is 5.41 Å². The van der Waals surface area contributed by atoms with Crippen molar-refractivity contribution in [2.24, 2.45) is 5.92 Å². The number of allylic oxidation sites excluding steroid dienone is 4. The molecule has 250 valence electrons. The summed E-state index contributed by atoms with van der Waals surface area (Å²) in [6, 6.07) is 53.6. The molecule has 0 saturated heterocycles. The lowest BCUT2D eigenvalue weighted by molar-refractivity contribution is 0.359. The Labute approximate surface area is 306 Å². The molecule has 4 aliphatic rings. The maximum absolute atomic E-state index is 7.11. The predicted octanol–water partition coefficient (Wildman–Crippen LogP) is 13.1. The molecule has 4 heteroatoms. The van der Waals surface area contributed by atoms with Gasteiger partial charge in [0.05, 0.1) is 11.1 Å². The van der Waals surface area contributed by atoms with Crippen LogP contribution in [0.15, 0.2) is 180 Å². The third-order valence-corrected chi connectivity index (χ3v) is 11.8. The van der Waals surface area contributed by atoms with Crippen molar-refractivity contribution >= 4 is 39.0 Å². The summed E-state index contributed by atoms with van der Waals surface area (Å²) in [4.78, 5) is 2.25. The monoisotopic (exact) mass is 681 g/mol. The van der Waals surface area contributed by atoms with E-state index in [1.165, 1.54) is 33.4 Å². The lowest BCUT2D eigenvalue weighted by Crippen LogP contribution is -2.33. The summed E-state index contributed by atoms with van der Waals surface area (Å²) in [5, 5.41) is 2.15. The van der Waals surface area contributed by atoms with Crippen LogP contribution in [0.4, 0.5) is 17.1 Å². The average molecular weight is 682 g/mol. The summed E-state index contributed by atoms with van der Waals surface area (Å²) in [6.07, 6.45) is 9.21. The van der Waals surface area contributed by atoms with E-state index in [9.17, 15) is 0 Å². The van der Waals surface area contributed by atoms with Crippen LogP contribution in [-0.4, -0.2) is 0 Å². The fourth-order valence-corrected chi connectivity index (χ4v) is 9.72. The van der Waals surface area contributed by atoms with Crippen LogP contribution in [0.2, 0.25) is 0 Å². The Balaban J connectivity index is 1.05. The highest BCUT2D eigenvalue weighted by atomic mass is 16.6. The molecule has 7 aromatic carbocycles. The lowest BCUT2D eigenvalue weighted by Gasteiger charge is -2.36. The number of hydrogen-bond acceptors (Lipinski definition) is 4. The van der Waals surface area contributed by atoms with Gasteiger partial charge in [-0.05, 0) is 94.0 Å². The molecular weight excluding hydrogens is 651 g/mol. The van der Waals surface area contributed by atoms with E-state index in [1.807, 2.05) is 30.3 Å². The van der Waals surface area contributed by atoms with Crippen LogP contribution >= 0.6 is 0 Å². The third-order valence-electron chi connectivity index (χ3n) is 11.8. The molecule has 1 aliphatic heterocycles. The number of benzene rings is 7. The van der Waals surface area contributed by atoms with E-state index in [0.29, 0.717) is 17.4 Å². The molecule has 8 aromatic rings. The van der Waals surface area contributed by atoms with Crippen molar-refractivity contribution in [3.63, 3.8) is 0 Å². The molecule has 0 bridgehead atoms. The Kier molecular flexibility index (Phi) is 5.79. The Bertz CT molecular complexity index is 2880. The van der Waals surface area contributed by atoms with Crippen molar-refractivity contribution in [1.29, 1.82) is 0 Å². The Morgan fingerprint density at radius 3 is 2.21 bits per heavy atom. The SMILES string of the molecule is C1=CC2c3ccccc3C3(c4ccccc4-c4cc5c(cc43)Oc3c(cccc3N(c3ccccc3)c3ccc4oc6ccccc6c4c3)O5)C2C=C1. The first-order valence-corrected chi connectivity index (χ1v) is 18.3. The first kappa shape index (κ1) is 28.9. The van der Waals surface area contributed by atoms with Gasteiger partial charge in [0, 0.05) is 34.0 Å². The zero-order chi connectivity index (χ0) is 34.7. The summed E-state index contributed by atoms with van der Waals surface area (Å²) < 4.78 is 20.2. The Morgan fingerprint density at radius 2 is 1.26 bits per heavy atom. The maximum atomic E-state index is 7.11. The van der Waals surface area contributed by atoms with E-state index in [-0.39, 0.29) is 11.3 Å². The molecule has 53 heavy (non-hydrogen) atoms. The number of anilines is 3. The van der Waals surface area contributed by atoms with E-state index < -0.39 is 0 Å². The predicted molar refractivity (Wildman–Crippen MR) is 211 cm³/mol. The van der Waals surface area contributed by atoms with Crippen molar-refractivity contribution in [3.05, 3.63) is 198 Å². The molecule has 1 aromatic heterocycles. The number of rotatable bonds is 3. The van der Waals surface area contributed by atoms with Gasteiger partial charge in [-0.1, -0.05) is 115 Å². The first-order valence-electron chi connectivity index (χ1n) is 18.3. The molecule has 3 unspecified atom stereocenters. The van der Waals surface area contributed by atoms with Gasteiger partial charge in [-0.3, -0.25) is 0 Å². The third kappa shape index (κ3) is 3.84. The van der Waals surface area contributed by atoms with Gasteiger partial charge < -0.3 is 18.8 Å². The minimum absolute atomic E-state index is 0.236. The Morgan fingerprint density at radius 1 is 0.491 bits per heavy atom. The second-order valence-corrected chi connectivity index (χ2v) is 14.4. The number of para-hydroxylation sites is 3. The van der Waals surface area contributed by atoms with Gasteiger partial charge in [0.15, 0.2) is 23.0 Å². The molecule has 0 fully saturated rings. The van der Waals surface area contributed by atoms with Gasteiger partial charge in [0.1, 0.15) is 11.2 Å². The molecule has 0 saturated carbocycles. The normalized spacial score (nSPS) is 19.5. The van der Waals surface area contributed by atoms with Gasteiger partial charge >= 0.3 is 0 Å². The van der Waals surface area contributed by atoms with E-state index in [4.69, 9.17) is 13.9 Å². The van der Waals surface area contributed by atoms with Crippen LogP contribution < -0.4 is 14.4 Å². The highest BCUT2D eigenvalue weighted by Crippen LogP contribution is 2.67. The number of nitrogens with zero attached hydrogens (tertiary/aromatic N) is 1. The summed E-state index contributed by atoms with van der Waals surface area (Å²) in [6.45, 7) is 0. The topological polar surface area (TPSA) is 34.8 Å². The molecule has 1 spiro atoms. The highest BCUT2D eigenvalue weighted by molar-refractivity contribution is 6.06. The van der Waals surface area contributed by atoms with Crippen molar-refractivity contribution in [3.8, 4) is 34.1 Å². The zero-order valence-electron chi connectivity index (χ0n) is 28.6. The molecular formula is C49H31NO3. The van der Waals surface area contributed by atoms with E-state index in [0.717, 1.165) is 50.5 Å². The molecule has 2 heterocycles.